The largest absolute Gasteiger partial charge is 0.432 e. The summed E-state index contributed by atoms with van der Waals surface area (Å²) in [5.74, 6) is 0. The van der Waals surface area contributed by atoms with Gasteiger partial charge in [-0.05, 0) is 18.2 Å². The highest BCUT2D eigenvalue weighted by atomic mass is 79.9. The fourth-order valence-electron chi connectivity index (χ4n) is 1.18. The summed E-state index contributed by atoms with van der Waals surface area (Å²) in [6, 6.07) is 8.54. The van der Waals surface area contributed by atoms with Gasteiger partial charge in [0.15, 0.2) is 0 Å². The molecule has 0 aliphatic heterocycles. The monoisotopic (exact) mass is 252 g/mol. The number of benzene rings is 1. The SMILES string of the molecule is CN(c1cccc(Br)c1)c1ncco1. The Bertz CT molecular complexity index is 414. The number of aromatic nitrogens is 1. The third-order valence-corrected chi connectivity index (χ3v) is 2.39. The van der Waals surface area contributed by atoms with Crippen molar-refractivity contribution in [1.29, 1.82) is 0 Å². The average Bonchev–Trinajstić information content (AvgIpc) is 2.69. The van der Waals surface area contributed by atoms with Crippen LogP contribution in [0.25, 0.3) is 0 Å². The van der Waals surface area contributed by atoms with E-state index >= 15 is 0 Å². The van der Waals surface area contributed by atoms with Gasteiger partial charge >= 0.3 is 6.01 Å². The van der Waals surface area contributed by atoms with Crippen LogP contribution >= 0.6 is 15.9 Å². The Morgan fingerprint density at radius 2 is 2.29 bits per heavy atom. The fourth-order valence-corrected chi connectivity index (χ4v) is 1.56. The van der Waals surface area contributed by atoms with Crippen molar-refractivity contribution in [2.24, 2.45) is 0 Å². The van der Waals surface area contributed by atoms with Gasteiger partial charge in [-0.15, -0.1) is 0 Å². The molecule has 72 valence electrons. The zero-order chi connectivity index (χ0) is 9.97. The molecule has 0 saturated carbocycles. The molecule has 2 aromatic rings. The normalized spacial score (nSPS) is 10.1. The number of nitrogens with zero attached hydrogens (tertiary/aromatic N) is 2. The van der Waals surface area contributed by atoms with E-state index in [-0.39, 0.29) is 0 Å². The predicted octanol–water partition coefficient (Wildman–Crippen LogP) is 3.21. The molecule has 0 spiro atoms. The average molecular weight is 253 g/mol. The fraction of sp³-hybridized carbons (Fsp3) is 0.100. The van der Waals surface area contributed by atoms with E-state index in [4.69, 9.17) is 4.42 Å². The summed E-state index contributed by atoms with van der Waals surface area (Å²) in [4.78, 5) is 5.95. The van der Waals surface area contributed by atoms with Crippen LogP contribution in [0.1, 0.15) is 0 Å². The molecule has 3 nitrogen and oxygen atoms in total. The van der Waals surface area contributed by atoms with E-state index in [1.54, 1.807) is 12.5 Å². The smallest absolute Gasteiger partial charge is 0.301 e. The first-order valence-corrected chi connectivity index (χ1v) is 4.95. The second-order valence-corrected chi connectivity index (χ2v) is 3.77. The van der Waals surface area contributed by atoms with Gasteiger partial charge in [0, 0.05) is 17.2 Å². The van der Waals surface area contributed by atoms with Crippen LogP contribution in [-0.2, 0) is 0 Å². The van der Waals surface area contributed by atoms with E-state index < -0.39 is 0 Å². The maximum atomic E-state index is 5.19. The molecular weight excluding hydrogens is 244 g/mol. The Labute approximate surface area is 90.5 Å². The molecule has 2 rings (SSSR count). The zero-order valence-electron chi connectivity index (χ0n) is 7.64. The molecule has 0 N–H and O–H groups in total. The maximum absolute atomic E-state index is 5.19. The van der Waals surface area contributed by atoms with Crippen LogP contribution in [-0.4, -0.2) is 12.0 Å². The topological polar surface area (TPSA) is 29.3 Å². The summed E-state index contributed by atoms with van der Waals surface area (Å²) in [5.41, 5.74) is 1.03. The van der Waals surface area contributed by atoms with Gasteiger partial charge in [0.25, 0.3) is 0 Å². The molecule has 4 heteroatoms. The van der Waals surface area contributed by atoms with Crippen LogP contribution in [0.5, 0.6) is 0 Å². The van der Waals surface area contributed by atoms with Crippen LogP contribution in [0.2, 0.25) is 0 Å². The first kappa shape index (κ1) is 9.27. The molecule has 0 atom stereocenters. The molecule has 0 aliphatic carbocycles. The Kier molecular flexibility index (Phi) is 2.54. The minimum absolute atomic E-state index is 0.586. The van der Waals surface area contributed by atoms with E-state index in [1.165, 1.54) is 0 Å². The Balaban J connectivity index is 2.32. The summed E-state index contributed by atoms with van der Waals surface area (Å²) in [7, 11) is 1.91. The molecule has 1 heterocycles. The van der Waals surface area contributed by atoms with Crippen LogP contribution in [0.3, 0.4) is 0 Å². The summed E-state index contributed by atoms with van der Waals surface area (Å²) in [5, 5.41) is 0. The third kappa shape index (κ3) is 1.80. The molecule has 0 amide bonds. The quantitative estimate of drug-likeness (QED) is 0.822. The van der Waals surface area contributed by atoms with Crippen LogP contribution < -0.4 is 4.90 Å². The van der Waals surface area contributed by atoms with E-state index in [0.717, 1.165) is 10.2 Å². The van der Waals surface area contributed by atoms with E-state index in [2.05, 4.69) is 20.9 Å². The van der Waals surface area contributed by atoms with Crippen molar-refractivity contribution in [3.63, 3.8) is 0 Å². The lowest BCUT2D eigenvalue weighted by atomic mass is 10.3. The predicted molar refractivity (Wildman–Crippen MR) is 58.7 cm³/mol. The Hall–Kier alpha value is -1.29. The highest BCUT2D eigenvalue weighted by Gasteiger charge is 2.07. The highest BCUT2D eigenvalue weighted by Crippen LogP contribution is 2.24. The van der Waals surface area contributed by atoms with Gasteiger partial charge in [-0.1, -0.05) is 22.0 Å². The first-order valence-electron chi connectivity index (χ1n) is 4.16. The van der Waals surface area contributed by atoms with Crippen molar-refractivity contribution in [2.45, 2.75) is 0 Å². The summed E-state index contributed by atoms with van der Waals surface area (Å²) in [6.45, 7) is 0. The lowest BCUT2D eigenvalue weighted by molar-refractivity contribution is 0.561. The summed E-state index contributed by atoms with van der Waals surface area (Å²) >= 11 is 3.42. The molecule has 0 saturated heterocycles. The lowest BCUT2D eigenvalue weighted by Gasteiger charge is -2.14. The molecular formula is C10H9BrN2O. The molecule has 1 aromatic heterocycles. The van der Waals surface area contributed by atoms with Crippen molar-refractivity contribution >= 4 is 27.6 Å². The van der Waals surface area contributed by atoms with Gasteiger partial charge in [-0.25, -0.2) is 4.98 Å². The molecule has 1 aromatic carbocycles. The number of oxazole rings is 1. The third-order valence-electron chi connectivity index (χ3n) is 1.90. The number of hydrogen-bond acceptors (Lipinski definition) is 3. The minimum atomic E-state index is 0.586. The molecule has 0 unspecified atom stereocenters. The molecule has 0 bridgehead atoms. The first-order chi connectivity index (χ1) is 6.77. The van der Waals surface area contributed by atoms with Crippen molar-refractivity contribution in [2.75, 3.05) is 11.9 Å². The van der Waals surface area contributed by atoms with E-state index in [9.17, 15) is 0 Å². The second kappa shape index (κ2) is 3.84. The molecule has 0 aliphatic rings. The molecule has 0 fully saturated rings. The number of anilines is 2. The number of hydrogen-bond donors (Lipinski definition) is 0. The molecule has 14 heavy (non-hydrogen) atoms. The minimum Gasteiger partial charge on any atom is -0.432 e. The van der Waals surface area contributed by atoms with Crippen molar-refractivity contribution in [3.8, 4) is 0 Å². The van der Waals surface area contributed by atoms with Gasteiger partial charge in [-0.2, -0.15) is 0 Å². The van der Waals surface area contributed by atoms with Gasteiger partial charge < -0.3 is 4.42 Å². The second-order valence-electron chi connectivity index (χ2n) is 2.85. The highest BCUT2D eigenvalue weighted by molar-refractivity contribution is 9.10. The molecule has 0 radical (unpaired) electrons. The van der Waals surface area contributed by atoms with E-state index in [0.29, 0.717) is 6.01 Å². The Morgan fingerprint density at radius 3 is 2.93 bits per heavy atom. The van der Waals surface area contributed by atoms with E-state index in [1.807, 2.05) is 36.2 Å². The summed E-state index contributed by atoms with van der Waals surface area (Å²) < 4.78 is 6.22. The lowest BCUT2D eigenvalue weighted by Crippen LogP contribution is -2.09. The van der Waals surface area contributed by atoms with Gasteiger partial charge in [-0.3, -0.25) is 4.90 Å². The zero-order valence-corrected chi connectivity index (χ0v) is 9.23. The van der Waals surface area contributed by atoms with Crippen molar-refractivity contribution in [3.05, 3.63) is 41.2 Å². The van der Waals surface area contributed by atoms with Crippen LogP contribution in [0.15, 0.2) is 45.6 Å². The van der Waals surface area contributed by atoms with Gasteiger partial charge in [0.05, 0.1) is 6.20 Å². The van der Waals surface area contributed by atoms with Crippen molar-refractivity contribution in [1.82, 2.24) is 4.98 Å². The number of halogens is 1. The van der Waals surface area contributed by atoms with Crippen LogP contribution in [0.4, 0.5) is 11.7 Å². The number of rotatable bonds is 2. The standard InChI is InChI=1S/C10H9BrN2O/c1-13(10-12-5-6-14-10)9-4-2-3-8(11)7-9/h2-7H,1H3. The van der Waals surface area contributed by atoms with Gasteiger partial charge in [0.1, 0.15) is 6.26 Å². The van der Waals surface area contributed by atoms with Gasteiger partial charge in [0.2, 0.25) is 0 Å². The Morgan fingerprint density at radius 1 is 1.43 bits per heavy atom. The van der Waals surface area contributed by atoms with Crippen molar-refractivity contribution < 1.29 is 4.42 Å². The van der Waals surface area contributed by atoms with Crippen LogP contribution in [0, 0.1) is 0 Å². The maximum Gasteiger partial charge on any atom is 0.301 e. The summed E-state index contributed by atoms with van der Waals surface area (Å²) in [6.07, 6.45) is 3.19.